The highest BCUT2D eigenvalue weighted by Crippen LogP contribution is 2.11. The van der Waals surface area contributed by atoms with Crippen molar-refractivity contribution in [1.29, 1.82) is 0 Å². The summed E-state index contributed by atoms with van der Waals surface area (Å²) in [6, 6.07) is 16.8. The molecule has 4 heteroatoms. The molecule has 0 saturated heterocycles. The van der Waals surface area contributed by atoms with Gasteiger partial charge < -0.3 is 10.6 Å². The molecular weight excluding hydrogens is 271 g/mol. The van der Waals surface area contributed by atoms with Crippen molar-refractivity contribution < 1.29 is 4.39 Å². The summed E-state index contributed by atoms with van der Waals surface area (Å²) in [7, 11) is 0. The summed E-state index contributed by atoms with van der Waals surface area (Å²) in [5.41, 5.74) is 1.76. The summed E-state index contributed by atoms with van der Waals surface area (Å²) in [6.07, 6.45) is 0. The number of nitrogens with one attached hydrogen (secondary N) is 2. The zero-order chi connectivity index (χ0) is 14.4. The Balaban J connectivity index is 1.86. The molecule has 0 saturated carbocycles. The van der Waals surface area contributed by atoms with Crippen molar-refractivity contribution in [2.75, 3.05) is 0 Å². The van der Waals surface area contributed by atoms with Gasteiger partial charge in [0, 0.05) is 12.1 Å². The highest BCUT2D eigenvalue weighted by Gasteiger charge is 2.07. The van der Waals surface area contributed by atoms with E-state index in [4.69, 9.17) is 12.2 Å². The molecular formula is C16H17FN2S. The van der Waals surface area contributed by atoms with E-state index in [9.17, 15) is 4.39 Å². The minimum absolute atomic E-state index is 0.108. The molecule has 2 aromatic rings. The predicted molar refractivity (Wildman–Crippen MR) is 83.8 cm³/mol. The van der Waals surface area contributed by atoms with Crippen molar-refractivity contribution in [1.82, 2.24) is 10.6 Å². The summed E-state index contributed by atoms with van der Waals surface area (Å²) < 4.78 is 13.5. The van der Waals surface area contributed by atoms with Crippen LogP contribution in [0.3, 0.4) is 0 Å². The smallest absolute Gasteiger partial charge is 0.167 e. The maximum Gasteiger partial charge on any atom is 0.167 e. The van der Waals surface area contributed by atoms with Crippen LogP contribution in [0.5, 0.6) is 0 Å². The molecule has 0 radical (unpaired) electrons. The zero-order valence-electron chi connectivity index (χ0n) is 11.3. The van der Waals surface area contributed by atoms with Crippen molar-refractivity contribution >= 4 is 17.3 Å². The van der Waals surface area contributed by atoms with Gasteiger partial charge in [-0.3, -0.25) is 0 Å². The van der Waals surface area contributed by atoms with Crippen LogP contribution >= 0.6 is 12.2 Å². The number of hydrogen-bond donors (Lipinski definition) is 2. The van der Waals surface area contributed by atoms with E-state index in [1.165, 1.54) is 6.07 Å². The Kier molecular flexibility index (Phi) is 5.07. The number of halogens is 1. The lowest BCUT2D eigenvalue weighted by molar-refractivity contribution is 0.604. The van der Waals surface area contributed by atoms with E-state index in [2.05, 4.69) is 10.6 Å². The zero-order valence-corrected chi connectivity index (χ0v) is 12.1. The second kappa shape index (κ2) is 7.01. The topological polar surface area (TPSA) is 24.1 Å². The van der Waals surface area contributed by atoms with Gasteiger partial charge in [-0.2, -0.15) is 0 Å². The number of rotatable bonds is 4. The Bertz CT molecular complexity index is 572. The van der Waals surface area contributed by atoms with Gasteiger partial charge in [0.15, 0.2) is 5.11 Å². The first kappa shape index (κ1) is 14.5. The summed E-state index contributed by atoms with van der Waals surface area (Å²) in [5.74, 6) is -0.223. The van der Waals surface area contributed by atoms with E-state index >= 15 is 0 Å². The van der Waals surface area contributed by atoms with Gasteiger partial charge in [0.25, 0.3) is 0 Å². The number of benzene rings is 2. The van der Waals surface area contributed by atoms with Gasteiger partial charge in [0.2, 0.25) is 0 Å². The molecule has 2 nitrogen and oxygen atoms in total. The van der Waals surface area contributed by atoms with Crippen LogP contribution < -0.4 is 10.6 Å². The molecule has 104 valence electrons. The Hall–Kier alpha value is -1.94. The van der Waals surface area contributed by atoms with Crippen LogP contribution in [0.15, 0.2) is 54.6 Å². The Morgan fingerprint density at radius 1 is 1.10 bits per heavy atom. The fourth-order valence-corrected chi connectivity index (χ4v) is 2.14. The maximum atomic E-state index is 13.5. The van der Waals surface area contributed by atoms with Gasteiger partial charge in [-0.1, -0.05) is 48.5 Å². The molecule has 1 unspecified atom stereocenters. The molecule has 2 rings (SSSR count). The predicted octanol–water partition coefficient (Wildman–Crippen LogP) is 3.55. The summed E-state index contributed by atoms with van der Waals surface area (Å²) in [6.45, 7) is 2.41. The average molecular weight is 288 g/mol. The minimum Gasteiger partial charge on any atom is -0.359 e. The molecule has 0 spiro atoms. The lowest BCUT2D eigenvalue weighted by Crippen LogP contribution is -2.36. The Morgan fingerprint density at radius 3 is 2.45 bits per heavy atom. The monoisotopic (exact) mass is 288 g/mol. The van der Waals surface area contributed by atoms with E-state index in [-0.39, 0.29) is 11.9 Å². The third-order valence-corrected chi connectivity index (χ3v) is 3.31. The number of thiocarbonyl (C=S) groups is 1. The molecule has 0 fully saturated rings. The van der Waals surface area contributed by atoms with Crippen molar-refractivity contribution in [3.63, 3.8) is 0 Å². The first-order valence-corrected chi connectivity index (χ1v) is 6.90. The molecule has 2 aromatic carbocycles. The maximum absolute atomic E-state index is 13.5. The van der Waals surface area contributed by atoms with Crippen LogP contribution in [-0.4, -0.2) is 5.11 Å². The van der Waals surface area contributed by atoms with E-state index in [1.54, 1.807) is 12.1 Å². The SMILES string of the molecule is CC(NC(=S)NCc1ccccc1F)c1ccccc1. The van der Waals surface area contributed by atoms with E-state index in [1.807, 2.05) is 43.3 Å². The second-order valence-corrected chi connectivity index (χ2v) is 4.96. The van der Waals surface area contributed by atoms with Gasteiger partial charge in [-0.05, 0) is 30.8 Å². The first-order valence-electron chi connectivity index (χ1n) is 6.49. The van der Waals surface area contributed by atoms with E-state index in [0.29, 0.717) is 17.2 Å². The van der Waals surface area contributed by atoms with Crippen LogP contribution in [0.2, 0.25) is 0 Å². The lowest BCUT2D eigenvalue weighted by Gasteiger charge is -2.17. The molecule has 0 aliphatic heterocycles. The lowest BCUT2D eigenvalue weighted by atomic mass is 10.1. The molecule has 0 bridgehead atoms. The quantitative estimate of drug-likeness (QED) is 0.841. The van der Waals surface area contributed by atoms with Crippen LogP contribution in [0.25, 0.3) is 0 Å². The molecule has 0 aromatic heterocycles. The Morgan fingerprint density at radius 2 is 1.75 bits per heavy atom. The second-order valence-electron chi connectivity index (χ2n) is 4.55. The average Bonchev–Trinajstić information content (AvgIpc) is 2.47. The van der Waals surface area contributed by atoms with Crippen molar-refractivity contribution in [3.8, 4) is 0 Å². The largest absolute Gasteiger partial charge is 0.359 e. The van der Waals surface area contributed by atoms with E-state index in [0.717, 1.165) is 5.56 Å². The molecule has 1 atom stereocenters. The molecule has 0 amide bonds. The van der Waals surface area contributed by atoms with Crippen LogP contribution in [0.1, 0.15) is 24.1 Å². The van der Waals surface area contributed by atoms with Gasteiger partial charge >= 0.3 is 0 Å². The fraction of sp³-hybridized carbons (Fsp3) is 0.188. The molecule has 0 aliphatic carbocycles. The molecule has 2 N–H and O–H groups in total. The van der Waals surface area contributed by atoms with Crippen molar-refractivity contribution in [2.24, 2.45) is 0 Å². The van der Waals surface area contributed by atoms with E-state index < -0.39 is 0 Å². The molecule has 0 aliphatic rings. The van der Waals surface area contributed by atoms with Crippen molar-refractivity contribution in [3.05, 3.63) is 71.5 Å². The summed E-state index contributed by atoms with van der Waals surface area (Å²) in [4.78, 5) is 0. The summed E-state index contributed by atoms with van der Waals surface area (Å²) in [5, 5.41) is 6.72. The van der Waals surface area contributed by atoms with Gasteiger partial charge in [0.1, 0.15) is 5.82 Å². The first-order chi connectivity index (χ1) is 9.66. The van der Waals surface area contributed by atoms with Gasteiger partial charge in [0.05, 0.1) is 6.04 Å². The van der Waals surface area contributed by atoms with Gasteiger partial charge in [-0.25, -0.2) is 4.39 Å². The van der Waals surface area contributed by atoms with Crippen LogP contribution in [0, 0.1) is 5.82 Å². The molecule has 0 heterocycles. The third-order valence-electron chi connectivity index (χ3n) is 3.04. The standard InChI is InChI=1S/C16H17FN2S/c1-12(13-7-3-2-4-8-13)19-16(20)18-11-14-9-5-6-10-15(14)17/h2-10,12H,11H2,1H3,(H2,18,19,20). The van der Waals surface area contributed by atoms with Crippen molar-refractivity contribution in [2.45, 2.75) is 19.5 Å². The molecule has 20 heavy (non-hydrogen) atoms. The van der Waals surface area contributed by atoms with Crippen LogP contribution in [-0.2, 0) is 6.54 Å². The van der Waals surface area contributed by atoms with Crippen LogP contribution in [0.4, 0.5) is 4.39 Å². The summed E-state index contributed by atoms with van der Waals surface area (Å²) >= 11 is 5.23. The third kappa shape index (κ3) is 4.03. The highest BCUT2D eigenvalue weighted by molar-refractivity contribution is 7.80. The highest BCUT2D eigenvalue weighted by atomic mass is 32.1. The number of hydrogen-bond acceptors (Lipinski definition) is 1. The normalized spacial score (nSPS) is 11.7. The fourth-order valence-electron chi connectivity index (χ4n) is 1.89. The Labute approximate surface area is 124 Å². The minimum atomic E-state index is -0.223. The van der Waals surface area contributed by atoms with Gasteiger partial charge in [-0.15, -0.1) is 0 Å².